The van der Waals surface area contributed by atoms with Gasteiger partial charge < -0.3 is 0 Å². The lowest BCUT2D eigenvalue weighted by atomic mass is 10.0. The van der Waals surface area contributed by atoms with Crippen LogP contribution in [0.1, 0.15) is 31.0 Å². The predicted octanol–water partition coefficient (Wildman–Crippen LogP) is 1.56. The molecule has 2 aromatic rings. The van der Waals surface area contributed by atoms with E-state index in [9.17, 15) is 0 Å². The molecule has 0 aliphatic carbocycles. The van der Waals surface area contributed by atoms with Crippen molar-refractivity contribution in [1.82, 2.24) is 19.6 Å². The molecule has 0 N–H and O–H groups in total. The van der Waals surface area contributed by atoms with Gasteiger partial charge in [-0.25, -0.2) is 9.50 Å². The van der Waals surface area contributed by atoms with E-state index in [4.69, 9.17) is 0 Å². The first-order valence-corrected chi connectivity index (χ1v) is 4.35. The van der Waals surface area contributed by atoms with Crippen LogP contribution in [-0.2, 0) is 0 Å². The van der Waals surface area contributed by atoms with E-state index in [0.29, 0.717) is 11.7 Å². The number of fused-ring (bicyclic) bond motifs is 1. The van der Waals surface area contributed by atoms with Crippen LogP contribution in [0, 0.1) is 6.92 Å². The molecule has 2 aromatic heterocycles. The van der Waals surface area contributed by atoms with Crippen molar-refractivity contribution in [1.29, 1.82) is 0 Å². The third-order valence-corrected chi connectivity index (χ3v) is 2.12. The van der Waals surface area contributed by atoms with Gasteiger partial charge in [-0.1, -0.05) is 13.8 Å². The molecule has 0 unspecified atom stereocenters. The minimum atomic E-state index is 0.473. The maximum Gasteiger partial charge on any atom is 0.252 e. The summed E-state index contributed by atoms with van der Waals surface area (Å²) in [7, 11) is 0. The third kappa shape index (κ3) is 1.28. The molecule has 4 nitrogen and oxygen atoms in total. The van der Waals surface area contributed by atoms with Crippen molar-refractivity contribution in [3.8, 4) is 0 Å². The Kier molecular flexibility index (Phi) is 1.76. The van der Waals surface area contributed by atoms with Crippen LogP contribution in [0.3, 0.4) is 0 Å². The fourth-order valence-corrected chi connectivity index (χ4v) is 1.42. The number of hydrogen-bond acceptors (Lipinski definition) is 3. The highest BCUT2D eigenvalue weighted by Crippen LogP contribution is 2.16. The highest BCUT2D eigenvalue weighted by molar-refractivity contribution is 5.31. The molecular formula is C9H12N4. The second-order valence-corrected chi connectivity index (χ2v) is 3.44. The van der Waals surface area contributed by atoms with Gasteiger partial charge in [0.1, 0.15) is 6.33 Å². The molecule has 0 amide bonds. The molecule has 0 fully saturated rings. The van der Waals surface area contributed by atoms with Crippen molar-refractivity contribution in [2.75, 3.05) is 0 Å². The molecule has 0 saturated heterocycles. The number of rotatable bonds is 1. The molecule has 0 aliphatic heterocycles. The predicted molar refractivity (Wildman–Crippen MR) is 49.6 cm³/mol. The largest absolute Gasteiger partial charge is 0.252 e. The van der Waals surface area contributed by atoms with Gasteiger partial charge in [-0.05, 0) is 18.4 Å². The quantitative estimate of drug-likeness (QED) is 0.662. The zero-order valence-corrected chi connectivity index (χ0v) is 8.02. The normalized spacial score (nSPS) is 11.4. The lowest BCUT2D eigenvalue weighted by Gasteiger charge is -2.07. The minimum absolute atomic E-state index is 0.473. The summed E-state index contributed by atoms with van der Waals surface area (Å²) in [5, 5.41) is 4.05. The van der Waals surface area contributed by atoms with E-state index in [1.54, 1.807) is 4.52 Å². The van der Waals surface area contributed by atoms with Gasteiger partial charge in [0.25, 0.3) is 5.78 Å². The summed E-state index contributed by atoms with van der Waals surface area (Å²) in [6.45, 7) is 6.30. The van der Waals surface area contributed by atoms with E-state index in [1.807, 2.05) is 13.1 Å². The third-order valence-electron chi connectivity index (χ3n) is 2.12. The van der Waals surface area contributed by atoms with E-state index >= 15 is 0 Å². The maximum atomic E-state index is 4.35. The van der Waals surface area contributed by atoms with Crippen molar-refractivity contribution in [3.05, 3.63) is 23.8 Å². The molecule has 13 heavy (non-hydrogen) atoms. The highest BCUT2D eigenvalue weighted by Gasteiger charge is 2.07. The first-order valence-electron chi connectivity index (χ1n) is 4.35. The number of nitrogens with zero attached hydrogens (tertiary/aromatic N) is 4. The van der Waals surface area contributed by atoms with Crippen LogP contribution in [0.4, 0.5) is 0 Å². The second kappa shape index (κ2) is 2.80. The van der Waals surface area contributed by atoms with Gasteiger partial charge in [-0.15, -0.1) is 0 Å². The van der Waals surface area contributed by atoms with Crippen LogP contribution in [0.5, 0.6) is 0 Å². The summed E-state index contributed by atoms with van der Waals surface area (Å²) < 4.78 is 1.71. The van der Waals surface area contributed by atoms with E-state index in [2.05, 4.69) is 28.9 Å². The molecule has 68 valence electrons. The van der Waals surface area contributed by atoms with E-state index < -0.39 is 0 Å². The second-order valence-electron chi connectivity index (χ2n) is 3.44. The van der Waals surface area contributed by atoms with Gasteiger partial charge in [0.05, 0.1) is 0 Å². The maximum absolute atomic E-state index is 4.35. The summed E-state index contributed by atoms with van der Waals surface area (Å²) in [5.74, 6) is 1.14. The Bertz CT molecular complexity index is 430. The molecule has 4 heteroatoms. The number of aryl methyl sites for hydroxylation is 1. The Hall–Kier alpha value is -1.45. The van der Waals surface area contributed by atoms with Crippen LogP contribution in [-0.4, -0.2) is 19.6 Å². The lowest BCUT2D eigenvalue weighted by Crippen LogP contribution is -2.01. The first kappa shape index (κ1) is 8.16. The smallest absolute Gasteiger partial charge is 0.216 e. The highest BCUT2D eigenvalue weighted by atomic mass is 15.3. The molecule has 0 bridgehead atoms. The molecule has 0 spiro atoms. The van der Waals surface area contributed by atoms with Gasteiger partial charge in [0.2, 0.25) is 0 Å². The van der Waals surface area contributed by atoms with Crippen LogP contribution in [0.15, 0.2) is 12.5 Å². The Balaban J connectivity index is 2.69. The van der Waals surface area contributed by atoms with Gasteiger partial charge in [0.15, 0.2) is 0 Å². The van der Waals surface area contributed by atoms with Gasteiger partial charge in [-0.3, -0.25) is 0 Å². The number of hydrogen-bond donors (Lipinski definition) is 0. The molecule has 0 saturated carbocycles. The average molecular weight is 176 g/mol. The van der Waals surface area contributed by atoms with Crippen LogP contribution in [0.2, 0.25) is 0 Å². The van der Waals surface area contributed by atoms with Gasteiger partial charge in [-0.2, -0.15) is 10.1 Å². The summed E-state index contributed by atoms with van der Waals surface area (Å²) in [4.78, 5) is 8.37. The standard InChI is InChI=1S/C9H12N4/c1-6(2)8-4-13-9(10-5-11-13)12-7(8)3/h4-6H,1-3H3. The van der Waals surface area contributed by atoms with Crippen LogP contribution < -0.4 is 0 Å². The van der Waals surface area contributed by atoms with Gasteiger partial charge >= 0.3 is 0 Å². The van der Waals surface area contributed by atoms with Crippen molar-refractivity contribution >= 4 is 5.78 Å². The fourth-order valence-electron chi connectivity index (χ4n) is 1.42. The zero-order chi connectivity index (χ0) is 9.42. The van der Waals surface area contributed by atoms with Crippen LogP contribution >= 0.6 is 0 Å². The van der Waals surface area contributed by atoms with Crippen molar-refractivity contribution < 1.29 is 0 Å². The summed E-state index contributed by atoms with van der Waals surface area (Å²) in [6.07, 6.45) is 3.52. The SMILES string of the molecule is Cc1nc2ncnn2cc1C(C)C. The summed E-state index contributed by atoms with van der Waals surface area (Å²) in [5.41, 5.74) is 2.26. The lowest BCUT2D eigenvalue weighted by molar-refractivity contribution is 0.805. The van der Waals surface area contributed by atoms with Crippen LogP contribution in [0.25, 0.3) is 5.78 Å². The molecule has 0 atom stereocenters. The van der Waals surface area contributed by atoms with E-state index in [0.717, 1.165) is 5.69 Å². The zero-order valence-electron chi connectivity index (χ0n) is 8.02. The van der Waals surface area contributed by atoms with Gasteiger partial charge in [0, 0.05) is 11.9 Å². The Morgan fingerprint density at radius 3 is 2.85 bits per heavy atom. The first-order chi connectivity index (χ1) is 6.18. The Morgan fingerprint density at radius 2 is 2.15 bits per heavy atom. The fraction of sp³-hybridized carbons (Fsp3) is 0.444. The number of aromatic nitrogens is 4. The van der Waals surface area contributed by atoms with Crippen molar-refractivity contribution in [3.63, 3.8) is 0 Å². The summed E-state index contributed by atoms with van der Waals surface area (Å²) >= 11 is 0. The van der Waals surface area contributed by atoms with Crippen molar-refractivity contribution in [2.45, 2.75) is 26.7 Å². The molecular weight excluding hydrogens is 164 g/mol. The monoisotopic (exact) mass is 176 g/mol. The Labute approximate surface area is 76.6 Å². The molecule has 0 radical (unpaired) electrons. The average Bonchev–Trinajstić information content (AvgIpc) is 2.48. The topological polar surface area (TPSA) is 43.1 Å². The molecule has 2 rings (SSSR count). The minimum Gasteiger partial charge on any atom is -0.216 e. The molecule has 0 aliphatic rings. The summed E-state index contributed by atoms with van der Waals surface area (Å²) in [6, 6.07) is 0. The van der Waals surface area contributed by atoms with E-state index in [-0.39, 0.29) is 0 Å². The molecule has 0 aromatic carbocycles. The van der Waals surface area contributed by atoms with Crippen molar-refractivity contribution in [2.24, 2.45) is 0 Å². The molecule has 2 heterocycles. The van der Waals surface area contributed by atoms with E-state index in [1.165, 1.54) is 11.9 Å². The Morgan fingerprint density at radius 1 is 1.38 bits per heavy atom.